The zero-order valence-electron chi connectivity index (χ0n) is 14.7. The third kappa shape index (κ3) is 4.55. The number of benzene rings is 2. The highest BCUT2D eigenvalue weighted by molar-refractivity contribution is 5.47. The molecule has 2 aromatic carbocycles. The molecule has 0 amide bonds. The highest BCUT2D eigenvalue weighted by atomic mass is 16.5. The summed E-state index contributed by atoms with van der Waals surface area (Å²) in [7, 11) is 1.67. The first-order valence-electron chi connectivity index (χ1n) is 8.91. The van der Waals surface area contributed by atoms with Gasteiger partial charge in [0.1, 0.15) is 0 Å². The fraction of sp³-hybridized carbons (Fsp3) is 0.364. The van der Waals surface area contributed by atoms with E-state index in [-0.39, 0.29) is 12.0 Å². The van der Waals surface area contributed by atoms with E-state index in [0.29, 0.717) is 6.54 Å². The molecule has 130 valence electrons. The second-order valence-electron chi connectivity index (χ2n) is 6.36. The number of rotatable bonds is 5. The van der Waals surface area contributed by atoms with Gasteiger partial charge in [-0.25, -0.2) is 0 Å². The van der Waals surface area contributed by atoms with Crippen molar-refractivity contribution in [2.24, 2.45) is 5.73 Å². The van der Waals surface area contributed by atoms with Crippen LogP contribution in [0.4, 0.5) is 0 Å². The van der Waals surface area contributed by atoms with E-state index in [1.54, 1.807) is 7.11 Å². The van der Waals surface area contributed by atoms with Crippen molar-refractivity contribution in [3.63, 3.8) is 0 Å². The van der Waals surface area contributed by atoms with Gasteiger partial charge < -0.3 is 15.2 Å². The minimum atomic E-state index is -0.0305. The van der Waals surface area contributed by atoms with Crippen LogP contribution in [0, 0.1) is 11.8 Å². The molecule has 1 unspecified atom stereocenters. The normalized spacial score (nSPS) is 15.3. The molecule has 0 radical (unpaired) electrons. The quantitative estimate of drug-likeness (QED) is 0.836. The van der Waals surface area contributed by atoms with Crippen LogP contribution >= 0.6 is 0 Å². The molecule has 1 atom stereocenters. The molecule has 0 bridgehead atoms. The molecule has 1 aliphatic carbocycles. The number of hydrogen-bond acceptors (Lipinski definition) is 3. The van der Waals surface area contributed by atoms with Gasteiger partial charge in [-0.3, -0.25) is 0 Å². The maximum Gasteiger partial charge on any atom is 0.161 e. The summed E-state index contributed by atoms with van der Waals surface area (Å²) in [5, 5.41) is 0. The molecule has 3 rings (SSSR count). The Morgan fingerprint density at radius 2 is 1.84 bits per heavy atom. The molecule has 3 nitrogen and oxygen atoms in total. The smallest absolute Gasteiger partial charge is 0.161 e. The van der Waals surface area contributed by atoms with Gasteiger partial charge in [-0.15, -0.1) is 0 Å². The van der Waals surface area contributed by atoms with E-state index in [1.165, 1.54) is 12.8 Å². The summed E-state index contributed by atoms with van der Waals surface area (Å²) in [5.74, 6) is 8.04. The van der Waals surface area contributed by atoms with Gasteiger partial charge in [0, 0.05) is 12.1 Å². The Labute approximate surface area is 150 Å². The standard InChI is InChI=1S/C22H25NO2/c1-24-21-14-13-18(15-22(21)25-20-9-5-6-10-20)19(16-23)12-11-17-7-3-2-4-8-17/h2-4,7-8,13-15,19-20H,5-6,9-10,16,23H2,1H3. The topological polar surface area (TPSA) is 44.5 Å². The third-order valence-electron chi connectivity index (χ3n) is 4.59. The van der Waals surface area contributed by atoms with Crippen LogP contribution in [0.15, 0.2) is 48.5 Å². The van der Waals surface area contributed by atoms with Crippen molar-refractivity contribution in [1.82, 2.24) is 0 Å². The molecule has 0 aromatic heterocycles. The van der Waals surface area contributed by atoms with E-state index in [1.807, 2.05) is 48.5 Å². The van der Waals surface area contributed by atoms with Crippen LogP contribution in [0.5, 0.6) is 11.5 Å². The average molecular weight is 335 g/mol. The molecule has 25 heavy (non-hydrogen) atoms. The first-order chi connectivity index (χ1) is 12.3. The van der Waals surface area contributed by atoms with Crippen molar-refractivity contribution in [3.8, 4) is 23.3 Å². The van der Waals surface area contributed by atoms with Crippen molar-refractivity contribution < 1.29 is 9.47 Å². The molecule has 2 aromatic rings. The van der Waals surface area contributed by atoms with E-state index in [4.69, 9.17) is 15.2 Å². The molecular weight excluding hydrogens is 310 g/mol. The van der Waals surface area contributed by atoms with Gasteiger partial charge in [0.25, 0.3) is 0 Å². The summed E-state index contributed by atoms with van der Waals surface area (Å²) in [4.78, 5) is 0. The van der Waals surface area contributed by atoms with Crippen molar-refractivity contribution >= 4 is 0 Å². The van der Waals surface area contributed by atoms with Crippen molar-refractivity contribution in [2.75, 3.05) is 13.7 Å². The van der Waals surface area contributed by atoms with Crippen molar-refractivity contribution in [2.45, 2.75) is 37.7 Å². The summed E-state index contributed by atoms with van der Waals surface area (Å²) in [6.45, 7) is 0.467. The second kappa shape index (κ2) is 8.60. The first-order valence-corrected chi connectivity index (χ1v) is 8.91. The van der Waals surface area contributed by atoms with Crippen LogP contribution in [0.2, 0.25) is 0 Å². The fourth-order valence-electron chi connectivity index (χ4n) is 3.16. The predicted molar refractivity (Wildman–Crippen MR) is 101 cm³/mol. The highest BCUT2D eigenvalue weighted by Gasteiger charge is 2.19. The Kier molecular flexibility index (Phi) is 5.98. The Morgan fingerprint density at radius 1 is 1.08 bits per heavy atom. The SMILES string of the molecule is COc1ccc(C(C#Cc2ccccc2)CN)cc1OC1CCCC1. The third-order valence-corrected chi connectivity index (χ3v) is 4.59. The molecule has 1 saturated carbocycles. The van der Waals surface area contributed by atoms with Gasteiger partial charge in [0.15, 0.2) is 11.5 Å². The summed E-state index contributed by atoms with van der Waals surface area (Å²) < 4.78 is 11.6. The number of methoxy groups -OCH3 is 1. The molecule has 1 fully saturated rings. The van der Waals surface area contributed by atoms with Crippen molar-refractivity contribution in [3.05, 3.63) is 59.7 Å². The summed E-state index contributed by atoms with van der Waals surface area (Å²) in [6.07, 6.45) is 4.99. The molecule has 2 N–H and O–H groups in total. The van der Waals surface area contributed by atoms with E-state index in [2.05, 4.69) is 11.8 Å². The molecule has 0 aliphatic heterocycles. The summed E-state index contributed by atoms with van der Waals surface area (Å²) in [5.41, 5.74) is 8.04. The predicted octanol–water partition coefficient (Wildman–Crippen LogP) is 4.11. The van der Waals surface area contributed by atoms with Gasteiger partial charge in [-0.1, -0.05) is 36.1 Å². The van der Waals surface area contributed by atoms with Gasteiger partial charge in [0.2, 0.25) is 0 Å². The highest BCUT2D eigenvalue weighted by Crippen LogP contribution is 2.34. The first kappa shape index (κ1) is 17.4. The Balaban J connectivity index is 1.83. The largest absolute Gasteiger partial charge is 0.493 e. The Morgan fingerprint density at radius 3 is 2.52 bits per heavy atom. The number of ether oxygens (including phenoxy) is 2. The lowest BCUT2D eigenvalue weighted by Crippen LogP contribution is -2.14. The zero-order valence-corrected chi connectivity index (χ0v) is 14.7. The van der Waals surface area contributed by atoms with Gasteiger partial charge in [-0.2, -0.15) is 0 Å². The van der Waals surface area contributed by atoms with Gasteiger partial charge in [-0.05, 0) is 55.5 Å². The fourth-order valence-corrected chi connectivity index (χ4v) is 3.16. The molecule has 3 heteroatoms. The molecule has 0 saturated heterocycles. The molecule has 0 spiro atoms. The van der Waals surface area contributed by atoms with E-state index in [9.17, 15) is 0 Å². The Hall–Kier alpha value is -2.44. The van der Waals surface area contributed by atoms with E-state index < -0.39 is 0 Å². The number of hydrogen-bond donors (Lipinski definition) is 1. The minimum absolute atomic E-state index is 0.0305. The van der Waals surface area contributed by atoms with Crippen LogP contribution in [-0.4, -0.2) is 19.8 Å². The molecule has 0 heterocycles. The van der Waals surface area contributed by atoms with Gasteiger partial charge >= 0.3 is 0 Å². The monoisotopic (exact) mass is 335 g/mol. The lowest BCUT2D eigenvalue weighted by atomic mass is 9.98. The number of nitrogens with two attached hydrogens (primary N) is 1. The van der Waals surface area contributed by atoms with Crippen molar-refractivity contribution in [1.29, 1.82) is 0 Å². The lowest BCUT2D eigenvalue weighted by Gasteiger charge is -2.18. The lowest BCUT2D eigenvalue weighted by molar-refractivity contribution is 0.200. The van der Waals surface area contributed by atoms with Crippen LogP contribution in [0.25, 0.3) is 0 Å². The van der Waals surface area contributed by atoms with Gasteiger partial charge in [0.05, 0.1) is 19.1 Å². The average Bonchev–Trinajstić information content (AvgIpc) is 3.16. The van der Waals surface area contributed by atoms with Crippen LogP contribution in [0.3, 0.4) is 0 Å². The zero-order chi connectivity index (χ0) is 17.5. The van der Waals surface area contributed by atoms with Crippen LogP contribution in [0.1, 0.15) is 42.7 Å². The second-order valence-corrected chi connectivity index (χ2v) is 6.36. The van der Waals surface area contributed by atoms with E-state index >= 15 is 0 Å². The minimum Gasteiger partial charge on any atom is -0.493 e. The summed E-state index contributed by atoms with van der Waals surface area (Å²) in [6, 6.07) is 16.0. The van der Waals surface area contributed by atoms with E-state index in [0.717, 1.165) is 35.5 Å². The molecule has 1 aliphatic rings. The maximum absolute atomic E-state index is 6.18. The Bertz CT molecular complexity index is 740. The van der Waals surface area contributed by atoms with Crippen LogP contribution in [-0.2, 0) is 0 Å². The summed E-state index contributed by atoms with van der Waals surface area (Å²) >= 11 is 0. The van der Waals surface area contributed by atoms with Crippen LogP contribution < -0.4 is 15.2 Å². The molecular formula is C22H25NO2. The maximum atomic E-state index is 6.18.